The molecule has 1 saturated carbocycles. The van der Waals surface area contributed by atoms with E-state index in [1.165, 1.54) is 31.2 Å². The average Bonchev–Trinajstić information content (AvgIpc) is 3.22. The van der Waals surface area contributed by atoms with Gasteiger partial charge < -0.3 is 20.1 Å². The average molecular weight is 502 g/mol. The number of guanidine groups is 1. The number of aliphatic imine (C=N–C) groups is 1. The van der Waals surface area contributed by atoms with Gasteiger partial charge >= 0.3 is 0 Å². The van der Waals surface area contributed by atoms with Crippen LogP contribution in [0.3, 0.4) is 0 Å². The van der Waals surface area contributed by atoms with Crippen molar-refractivity contribution in [2.24, 2.45) is 4.99 Å². The Morgan fingerprint density at radius 1 is 1.21 bits per heavy atom. The van der Waals surface area contributed by atoms with Gasteiger partial charge in [-0.15, -0.1) is 24.0 Å². The SMILES string of the molecule is CCNC(=NCC(c1ccc(OC)cc1)N1CCOCC1)NC1CCCC1.I. The molecule has 2 fully saturated rings. The van der Waals surface area contributed by atoms with Crippen LogP contribution in [0.5, 0.6) is 5.75 Å². The Bertz CT molecular complexity index is 585. The van der Waals surface area contributed by atoms with Crippen LogP contribution < -0.4 is 15.4 Å². The van der Waals surface area contributed by atoms with Gasteiger partial charge in [0.15, 0.2) is 5.96 Å². The highest BCUT2D eigenvalue weighted by Gasteiger charge is 2.23. The molecule has 0 amide bonds. The van der Waals surface area contributed by atoms with Gasteiger partial charge in [0, 0.05) is 25.7 Å². The maximum absolute atomic E-state index is 5.55. The Morgan fingerprint density at radius 2 is 1.89 bits per heavy atom. The molecular weight excluding hydrogens is 467 g/mol. The molecule has 7 heteroatoms. The lowest BCUT2D eigenvalue weighted by molar-refractivity contribution is 0.0179. The van der Waals surface area contributed by atoms with Gasteiger partial charge in [0.25, 0.3) is 0 Å². The number of nitrogens with zero attached hydrogens (tertiary/aromatic N) is 2. The molecule has 0 aromatic heterocycles. The number of morpholine rings is 1. The van der Waals surface area contributed by atoms with Gasteiger partial charge in [-0.1, -0.05) is 25.0 Å². The van der Waals surface area contributed by atoms with E-state index in [4.69, 9.17) is 14.5 Å². The largest absolute Gasteiger partial charge is 0.497 e. The number of rotatable bonds is 7. The Kier molecular flexibility index (Phi) is 10.4. The summed E-state index contributed by atoms with van der Waals surface area (Å²) in [6.45, 7) is 7.19. The minimum Gasteiger partial charge on any atom is -0.497 e. The molecular formula is C21H35IN4O2. The standard InChI is InChI=1S/C21H34N4O2.HI/c1-3-22-21(24-18-6-4-5-7-18)23-16-20(25-12-14-27-15-13-25)17-8-10-19(26-2)11-9-17;/h8-11,18,20H,3-7,12-16H2,1-2H3,(H2,22,23,24);1H. The summed E-state index contributed by atoms with van der Waals surface area (Å²) >= 11 is 0. The first-order valence-corrected chi connectivity index (χ1v) is 10.3. The highest BCUT2D eigenvalue weighted by molar-refractivity contribution is 14.0. The monoisotopic (exact) mass is 502 g/mol. The molecule has 1 aromatic rings. The number of benzene rings is 1. The van der Waals surface area contributed by atoms with Gasteiger partial charge in [0.1, 0.15) is 5.75 Å². The van der Waals surface area contributed by atoms with Crippen LogP contribution in [0, 0.1) is 0 Å². The van der Waals surface area contributed by atoms with Crippen LogP contribution in [-0.4, -0.2) is 63.4 Å². The van der Waals surface area contributed by atoms with E-state index in [1.54, 1.807) is 7.11 Å². The number of hydrogen-bond acceptors (Lipinski definition) is 4. The zero-order chi connectivity index (χ0) is 18.9. The van der Waals surface area contributed by atoms with Gasteiger partial charge in [-0.05, 0) is 37.5 Å². The molecule has 1 aliphatic carbocycles. The number of methoxy groups -OCH3 is 1. The van der Waals surface area contributed by atoms with Crippen LogP contribution in [0.15, 0.2) is 29.3 Å². The van der Waals surface area contributed by atoms with Crippen LogP contribution in [0.2, 0.25) is 0 Å². The maximum atomic E-state index is 5.55. The third-order valence-corrected chi connectivity index (χ3v) is 5.45. The zero-order valence-electron chi connectivity index (χ0n) is 17.2. The first-order valence-electron chi connectivity index (χ1n) is 10.3. The Morgan fingerprint density at radius 3 is 2.50 bits per heavy atom. The molecule has 6 nitrogen and oxygen atoms in total. The molecule has 1 aliphatic heterocycles. The smallest absolute Gasteiger partial charge is 0.191 e. The fourth-order valence-corrected chi connectivity index (χ4v) is 3.91. The van der Waals surface area contributed by atoms with E-state index in [0.29, 0.717) is 6.04 Å². The summed E-state index contributed by atoms with van der Waals surface area (Å²) in [4.78, 5) is 7.43. The van der Waals surface area contributed by atoms with Gasteiger partial charge in [-0.3, -0.25) is 9.89 Å². The maximum Gasteiger partial charge on any atom is 0.191 e. The molecule has 1 unspecified atom stereocenters. The topological polar surface area (TPSA) is 58.1 Å². The van der Waals surface area contributed by atoms with Crippen molar-refractivity contribution in [1.29, 1.82) is 0 Å². The van der Waals surface area contributed by atoms with Crippen molar-refractivity contribution < 1.29 is 9.47 Å². The van der Waals surface area contributed by atoms with Crippen LogP contribution in [0.1, 0.15) is 44.2 Å². The van der Waals surface area contributed by atoms with E-state index in [-0.39, 0.29) is 30.0 Å². The predicted molar refractivity (Wildman–Crippen MR) is 125 cm³/mol. The minimum absolute atomic E-state index is 0. The lowest BCUT2D eigenvalue weighted by Crippen LogP contribution is -2.44. The van der Waals surface area contributed by atoms with Gasteiger partial charge in [-0.25, -0.2) is 0 Å². The quantitative estimate of drug-likeness (QED) is 0.341. The molecule has 3 rings (SSSR count). The van der Waals surface area contributed by atoms with Gasteiger partial charge in [-0.2, -0.15) is 0 Å². The Hall–Kier alpha value is -1.06. The van der Waals surface area contributed by atoms with E-state index in [2.05, 4.69) is 34.6 Å². The third-order valence-electron chi connectivity index (χ3n) is 5.45. The summed E-state index contributed by atoms with van der Waals surface area (Å²) in [5, 5.41) is 7.03. The number of ether oxygens (including phenoxy) is 2. The minimum atomic E-state index is 0. The van der Waals surface area contributed by atoms with Crippen molar-refractivity contribution in [3.8, 4) is 5.75 Å². The predicted octanol–water partition coefficient (Wildman–Crippen LogP) is 3.18. The molecule has 2 aliphatic rings. The lowest BCUT2D eigenvalue weighted by Gasteiger charge is -2.34. The Balaban J connectivity index is 0.00000280. The van der Waals surface area contributed by atoms with Crippen LogP contribution in [0.4, 0.5) is 0 Å². The molecule has 158 valence electrons. The first-order chi connectivity index (χ1) is 13.3. The van der Waals surface area contributed by atoms with E-state index < -0.39 is 0 Å². The molecule has 1 saturated heterocycles. The fourth-order valence-electron chi connectivity index (χ4n) is 3.91. The molecule has 1 aromatic carbocycles. The molecule has 28 heavy (non-hydrogen) atoms. The molecule has 1 atom stereocenters. The lowest BCUT2D eigenvalue weighted by atomic mass is 10.0. The van der Waals surface area contributed by atoms with E-state index in [0.717, 1.165) is 51.1 Å². The molecule has 2 N–H and O–H groups in total. The zero-order valence-corrected chi connectivity index (χ0v) is 19.5. The normalized spacial score (nSPS) is 19.7. The van der Waals surface area contributed by atoms with Crippen molar-refractivity contribution in [1.82, 2.24) is 15.5 Å². The highest BCUT2D eigenvalue weighted by atomic mass is 127. The summed E-state index contributed by atoms with van der Waals surface area (Å²) in [5.74, 6) is 1.83. The summed E-state index contributed by atoms with van der Waals surface area (Å²) in [6, 6.07) is 9.20. The van der Waals surface area contributed by atoms with Crippen molar-refractivity contribution in [3.63, 3.8) is 0 Å². The number of nitrogens with one attached hydrogen (secondary N) is 2. The van der Waals surface area contributed by atoms with Crippen LogP contribution in [0.25, 0.3) is 0 Å². The summed E-state index contributed by atoms with van der Waals surface area (Å²) in [5.41, 5.74) is 1.28. The highest BCUT2D eigenvalue weighted by Crippen LogP contribution is 2.24. The third kappa shape index (κ3) is 6.77. The second kappa shape index (κ2) is 12.5. The Labute approximate surface area is 186 Å². The molecule has 1 heterocycles. The fraction of sp³-hybridized carbons (Fsp3) is 0.667. The van der Waals surface area contributed by atoms with E-state index in [9.17, 15) is 0 Å². The van der Waals surface area contributed by atoms with Crippen molar-refractivity contribution >= 4 is 29.9 Å². The van der Waals surface area contributed by atoms with Gasteiger partial charge in [0.05, 0.1) is 32.9 Å². The van der Waals surface area contributed by atoms with Crippen molar-refractivity contribution in [2.75, 3.05) is 46.5 Å². The summed E-state index contributed by atoms with van der Waals surface area (Å²) in [7, 11) is 1.70. The second-order valence-electron chi connectivity index (χ2n) is 7.28. The van der Waals surface area contributed by atoms with Crippen molar-refractivity contribution in [2.45, 2.75) is 44.7 Å². The molecule has 0 bridgehead atoms. The summed E-state index contributed by atoms with van der Waals surface area (Å²) in [6.07, 6.45) is 5.13. The second-order valence-corrected chi connectivity index (χ2v) is 7.28. The van der Waals surface area contributed by atoms with E-state index >= 15 is 0 Å². The van der Waals surface area contributed by atoms with Crippen LogP contribution >= 0.6 is 24.0 Å². The number of hydrogen-bond donors (Lipinski definition) is 2. The van der Waals surface area contributed by atoms with Crippen molar-refractivity contribution in [3.05, 3.63) is 29.8 Å². The van der Waals surface area contributed by atoms with Gasteiger partial charge in [0.2, 0.25) is 0 Å². The number of halogens is 1. The van der Waals surface area contributed by atoms with Crippen LogP contribution in [-0.2, 0) is 4.74 Å². The first kappa shape index (κ1) is 23.2. The molecule has 0 radical (unpaired) electrons. The molecule has 0 spiro atoms. The summed E-state index contributed by atoms with van der Waals surface area (Å²) < 4.78 is 10.9. The van der Waals surface area contributed by atoms with E-state index in [1.807, 2.05) is 12.1 Å².